The normalized spacial score (nSPS) is 19.1. The van der Waals surface area contributed by atoms with Crippen LogP contribution < -0.4 is 5.32 Å². The molecule has 0 saturated carbocycles. The molecule has 0 bridgehead atoms. The van der Waals surface area contributed by atoms with Crippen molar-refractivity contribution >= 4 is 0 Å². The first kappa shape index (κ1) is 16.4. The molecule has 1 fully saturated rings. The van der Waals surface area contributed by atoms with Gasteiger partial charge in [-0.2, -0.15) is 0 Å². The smallest absolute Gasteiger partial charge is 0.129 e. The molecule has 2 rings (SSSR count). The van der Waals surface area contributed by atoms with Gasteiger partial charge in [-0.25, -0.2) is 8.78 Å². The minimum absolute atomic E-state index is 0.0759. The maximum Gasteiger partial charge on any atom is 0.129 e. The number of rotatable bonds is 5. The van der Waals surface area contributed by atoms with Crippen molar-refractivity contribution in [2.75, 3.05) is 13.1 Å². The quantitative estimate of drug-likeness (QED) is 0.896. The molecule has 0 spiro atoms. The Morgan fingerprint density at radius 2 is 1.71 bits per heavy atom. The fraction of sp³-hybridized carbons (Fsp3) is 0.647. The van der Waals surface area contributed by atoms with Gasteiger partial charge in [-0.1, -0.05) is 6.07 Å². The Labute approximate surface area is 126 Å². The molecule has 1 aliphatic rings. The van der Waals surface area contributed by atoms with E-state index < -0.39 is 11.6 Å². The number of nitrogens with zero attached hydrogens (tertiary/aromatic N) is 1. The molecular weight excluding hydrogens is 270 g/mol. The average molecular weight is 296 g/mol. The highest BCUT2D eigenvalue weighted by molar-refractivity contribution is 5.20. The Bertz CT molecular complexity index is 434. The van der Waals surface area contributed by atoms with Gasteiger partial charge in [0.25, 0.3) is 0 Å². The van der Waals surface area contributed by atoms with Crippen molar-refractivity contribution in [3.05, 3.63) is 35.4 Å². The third-order valence-corrected chi connectivity index (χ3v) is 4.35. The highest BCUT2D eigenvalue weighted by Crippen LogP contribution is 2.17. The molecule has 21 heavy (non-hydrogen) atoms. The van der Waals surface area contributed by atoms with E-state index in [1.54, 1.807) is 0 Å². The molecule has 1 saturated heterocycles. The molecule has 0 aliphatic carbocycles. The number of hydrogen-bond acceptors (Lipinski definition) is 2. The van der Waals surface area contributed by atoms with E-state index in [2.05, 4.69) is 24.1 Å². The summed E-state index contributed by atoms with van der Waals surface area (Å²) >= 11 is 0. The molecular formula is C17H26F2N2. The third-order valence-electron chi connectivity index (χ3n) is 4.35. The zero-order chi connectivity index (χ0) is 15.4. The molecule has 1 aliphatic heterocycles. The summed E-state index contributed by atoms with van der Waals surface area (Å²) in [6.07, 6.45) is 2.59. The van der Waals surface area contributed by atoms with Gasteiger partial charge < -0.3 is 10.2 Å². The summed E-state index contributed by atoms with van der Waals surface area (Å²) < 4.78 is 27.3. The summed E-state index contributed by atoms with van der Waals surface area (Å²) in [6.45, 7) is 8.63. The monoisotopic (exact) mass is 296 g/mol. The third kappa shape index (κ3) is 4.48. The Hall–Kier alpha value is -1.00. The van der Waals surface area contributed by atoms with Gasteiger partial charge in [0, 0.05) is 23.7 Å². The topological polar surface area (TPSA) is 15.3 Å². The van der Waals surface area contributed by atoms with Gasteiger partial charge in [-0.3, -0.25) is 0 Å². The van der Waals surface area contributed by atoms with Gasteiger partial charge in [-0.05, 0) is 65.3 Å². The molecule has 1 aromatic carbocycles. The zero-order valence-electron chi connectivity index (χ0n) is 13.2. The molecule has 0 amide bonds. The van der Waals surface area contributed by atoms with E-state index in [4.69, 9.17) is 0 Å². The summed E-state index contributed by atoms with van der Waals surface area (Å²) in [5.41, 5.74) is 0.192. The minimum Gasteiger partial charge on any atom is -0.311 e. The Morgan fingerprint density at radius 1 is 1.14 bits per heavy atom. The highest BCUT2D eigenvalue weighted by Gasteiger charge is 2.22. The van der Waals surface area contributed by atoms with Gasteiger partial charge in [0.2, 0.25) is 0 Å². The van der Waals surface area contributed by atoms with Crippen LogP contribution in [0.1, 0.15) is 39.2 Å². The zero-order valence-corrected chi connectivity index (χ0v) is 13.2. The molecule has 0 radical (unpaired) electrons. The van der Waals surface area contributed by atoms with Crippen molar-refractivity contribution in [2.24, 2.45) is 0 Å². The summed E-state index contributed by atoms with van der Waals surface area (Å²) in [4.78, 5) is 2.47. The Balaban J connectivity index is 1.84. The van der Waals surface area contributed by atoms with Crippen LogP contribution in [0.25, 0.3) is 0 Å². The van der Waals surface area contributed by atoms with Crippen molar-refractivity contribution in [1.82, 2.24) is 10.2 Å². The van der Waals surface area contributed by atoms with E-state index in [1.165, 1.54) is 18.2 Å². The number of nitrogens with one attached hydrogen (secondary N) is 1. The predicted octanol–water partition coefficient (Wildman–Crippen LogP) is 3.36. The number of benzene rings is 1. The summed E-state index contributed by atoms with van der Waals surface area (Å²) in [6, 6.07) is 5.18. The van der Waals surface area contributed by atoms with E-state index in [0.717, 1.165) is 25.9 Å². The van der Waals surface area contributed by atoms with Gasteiger partial charge in [0.05, 0.1) is 0 Å². The Morgan fingerprint density at radius 3 is 2.24 bits per heavy atom. The van der Waals surface area contributed by atoms with Gasteiger partial charge >= 0.3 is 0 Å². The second kappa shape index (κ2) is 7.32. The average Bonchev–Trinajstić information content (AvgIpc) is 2.43. The van der Waals surface area contributed by atoms with Crippen LogP contribution in [-0.4, -0.2) is 36.1 Å². The molecule has 1 heterocycles. The molecule has 1 unspecified atom stereocenters. The minimum atomic E-state index is -0.446. The number of hydrogen-bond donors (Lipinski definition) is 1. The van der Waals surface area contributed by atoms with Crippen LogP contribution in [-0.2, 0) is 6.42 Å². The first-order valence-electron chi connectivity index (χ1n) is 7.90. The van der Waals surface area contributed by atoms with Crippen LogP contribution >= 0.6 is 0 Å². The fourth-order valence-electron chi connectivity index (χ4n) is 3.08. The summed E-state index contributed by atoms with van der Waals surface area (Å²) in [5, 5.41) is 3.52. The molecule has 2 nitrogen and oxygen atoms in total. The first-order valence-corrected chi connectivity index (χ1v) is 7.90. The summed E-state index contributed by atoms with van der Waals surface area (Å²) in [7, 11) is 0. The SMILES string of the molecule is CC(Cc1c(F)cccc1F)NC1CCN(C(C)C)CC1. The van der Waals surface area contributed by atoms with E-state index in [-0.39, 0.29) is 11.6 Å². The lowest BCUT2D eigenvalue weighted by molar-refractivity contribution is 0.157. The van der Waals surface area contributed by atoms with E-state index in [0.29, 0.717) is 18.5 Å². The standard InChI is InChI=1S/C17H26F2N2/c1-12(2)21-9-7-14(8-10-21)20-13(3)11-15-16(18)5-4-6-17(15)19/h4-6,12-14,20H,7-11H2,1-3H3. The van der Waals surface area contributed by atoms with Crippen LogP contribution in [0.15, 0.2) is 18.2 Å². The maximum absolute atomic E-state index is 13.7. The van der Waals surface area contributed by atoms with Crippen molar-refractivity contribution in [2.45, 2.75) is 58.2 Å². The van der Waals surface area contributed by atoms with Crippen LogP contribution in [0.3, 0.4) is 0 Å². The van der Waals surface area contributed by atoms with Crippen molar-refractivity contribution < 1.29 is 8.78 Å². The van der Waals surface area contributed by atoms with E-state index in [1.807, 2.05) is 6.92 Å². The first-order chi connectivity index (χ1) is 9.97. The number of likely N-dealkylation sites (tertiary alicyclic amines) is 1. The van der Waals surface area contributed by atoms with E-state index >= 15 is 0 Å². The van der Waals surface area contributed by atoms with Crippen LogP contribution in [0, 0.1) is 11.6 Å². The lowest BCUT2D eigenvalue weighted by Crippen LogP contribution is -2.47. The lowest BCUT2D eigenvalue weighted by atomic mass is 10.0. The maximum atomic E-state index is 13.7. The predicted molar refractivity (Wildman–Crippen MR) is 82.4 cm³/mol. The fourth-order valence-corrected chi connectivity index (χ4v) is 3.08. The largest absolute Gasteiger partial charge is 0.311 e. The molecule has 118 valence electrons. The molecule has 0 aromatic heterocycles. The number of halogens is 2. The lowest BCUT2D eigenvalue weighted by Gasteiger charge is -2.36. The van der Waals surface area contributed by atoms with Crippen LogP contribution in [0.4, 0.5) is 8.78 Å². The van der Waals surface area contributed by atoms with Gasteiger partial charge in [-0.15, -0.1) is 0 Å². The molecule has 4 heteroatoms. The second-order valence-corrected chi connectivity index (χ2v) is 6.38. The van der Waals surface area contributed by atoms with Gasteiger partial charge in [0.15, 0.2) is 0 Å². The van der Waals surface area contributed by atoms with Crippen molar-refractivity contribution in [3.8, 4) is 0 Å². The van der Waals surface area contributed by atoms with Crippen molar-refractivity contribution in [1.29, 1.82) is 0 Å². The van der Waals surface area contributed by atoms with Crippen LogP contribution in [0.2, 0.25) is 0 Å². The van der Waals surface area contributed by atoms with Crippen molar-refractivity contribution in [3.63, 3.8) is 0 Å². The van der Waals surface area contributed by atoms with Gasteiger partial charge in [0.1, 0.15) is 11.6 Å². The van der Waals surface area contributed by atoms with E-state index in [9.17, 15) is 8.78 Å². The second-order valence-electron chi connectivity index (χ2n) is 6.38. The molecule has 1 aromatic rings. The Kier molecular flexibility index (Phi) is 5.71. The molecule has 1 N–H and O–H groups in total. The van der Waals surface area contributed by atoms with Crippen LogP contribution in [0.5, 0.6) is 0 Å². The number of piperidine rings is 1. The molecule has 1 atom stereocenters. The highest BCUT2D eigenvalue weighted by atomic mass is 19.1. The summed E-state index contributed by atoms with van der Waals surface area (Å²) in [5.74, 6) is -0.892.